The van der Waals surface area contributed by atoms with Crippen LogP contribution in [-0.4, -0.2) is 57.5 Å². The number of halogens is 2. The first-order valence-corrected chi connectivity index (χ1v) is 15.3. The van der Waals surface area contributed by atoms with Crippen LogP contribution in [0.5, 0.6) is 5.75 Å². The summed E-state index contributed by atoms with van der Waals surface area (Å²) in [6, 6.07) is 12.4. The van der Waals surface area contributed by atoms with Crippen LogP contribution in [0.2, 0.25) is 0 Å². The normalized spacial score (nSPS) is 23.0. The van der Waals surface area contributed by atoms with Gasteiger partial charge < -0.3 is 23.6 Å². The zero-order chi connectivity index (χ0) is 29.9. The first-order chi connectivity index (χ1) is 19.3. The number of aliphatic hydroxyl groups excluding tert-OH is 1. The number of fused-ring (bicyclic) bond motifs is 1. The van der Waals surface area contributed by atoms with Gasteiger partial charge >= 0.3 is 18.3 Å². The van der Waals surface area contributed by atoms with Crippen molar-refractivity contribution in [2.75, 3.05) is 6.61 Å². The molecule has 0 spiro atoms. The summed E-state index contributed by atoms with van der Waals surface area (Å²) in [7, 11) is 0. The molecule has 5 atom stereocenters. The van der Waals surface area contributed by atoms with Gasteiger partial charge in [-0.1, -0.05) is 36.4 Å². The molecular weight excluding hydrogens is 583 g/mol. The molecule has 0 bridgehead atoms. The van der Waals surface area contributed by atoms with E-state index in [0.717, 1.165) is 22.2 Å². The number of carbonyl (C=O) groups excluding carboxylic acids is 1. The second-order valence-corrected chi connectivity index (χ2v) is 13.0. The van der Waals surface area contributed by atoms with Crippen molar-refractivity contribution in [2.24, 2.45) is 0 Å². The Kier molecular flexibility index (Phi) is 9.42. The van der Waals surface area contributed by atoms with Crippen molar-refractivity contribution in [3.63, 3.8) is 0 Å². The summed E-state index contributed by atoms with van der Waals surface area (Å²) in [4.78, 5) is 38.3. The molecule has 3 N–H and O–H groups in total. The molecule has 222 valence electrons. The highest BCUT2D eigenvalue weighted by Crippen LogP contribution is 2.50. The molecule has 11 nitrogen and oxygen atoms in total. The van der Waals surface area contributed by atoms with Gasteiger partial charge in [0, 0.05) is 24.1 Å². The van der Waals surface area contributed by atoms with Gasteiger partial charge in [0.25, 0.3) is 12.0 Å². The maximum absolute atomic E-state index is 14.5. The molecular formula is C26H30F2N3O8PS. The highest BCUT2D eigenvalue weighted by atomic mass is 32.5. The van der Waals surface area contributed by atoms with Crippen LogP contribution in [0.15, 0.2) is 64.3 Å². The van der Waals surface area contributed by atoms with E-state index in [9.17, 15) is 28.3 Å². The van der Waals surface area contributed by atoms with Gasteiger partial charge in [0.15, 0.2) is 11.8 Å². The number of H-pyrrole nitrogens is 1. The summed E-state index contributed by atoms with van der Waals surface area (Å²) in [6.45, 7) is 0.157. The predicted octanol–water partition coefficient (Wildman–Crippen LogP) is 3.22. The van der Waals surface area contributed by atoms with Crippen LogP contribution in [-0.2, 0) is 30.6 Å². The molecule has 2 aromatic carbocycles. The molecule has 1 aromatic heterocycles. The fourth-order valence-corrected chi connectivity index (χ4v) is 6.74. The fourth-order valence-electron chi connectivity index (χ4n) is 4.30. The van der Waals surface area contributed by atoms with Gasteiger partial charge in [-0.05, 0) is 44.0 Å². The molecule has 1 saturated heterocycles. The second-order valence-electron chi connectivity index (χ2n) is 9.84. The Morgan fingerprint density at radius 3 is 2.61 bits per heavy atom. The van der Waals surface area contributed by atoms with Gasteiger partial charge in [-0.2, -0.15) is 0 Å². The van der Waals surface area contributed by atoms with E-state index in [1.54, 1.807) is 38.1 Å². The Balaban J connectivity index is 1.64. The average Bonchev–Trinajstić information content (AvgIpc) is 3.25. The third-order valence-corrected chi connectivity index (χ3v) is 8.73. The lowest BCUT2D eigenvalue weighted by Crippen LogP contribution is -2.44. The van der Waals surface area contributed by atoms with Gasteiger partial charge in [-0.15, -0.1) is 0 Å². The number of alkyl halides is 2. The van der Waals surface area contributed by atoms with Crippen LogP contribution in [0.4, 0.5) is 8.78 Å². The van der Waals surface area contributed by atoms with Crippen LogP contribution in [0.3, 0.4) is 0 Å². The molecule has 1 aliphatic rings. The van der Waals surface area contributed by atoms with Gasteiger partial charge in [-0.3, -0.25) is 19.1 Å². The zero-order valence-corrected chi connectivity index (χ0v) is 24.1. The number of carbonyl (C=O) groups is 1. The molecule has 1 aliphatic heterocycles. The lowest BCUT2D eigenvalue weighted by atomic mass is 10.0. The van der Waals surface area contributed by atoms with Crippen LogP contribution in [0.1, 0.15) is 33.4 Å². The number of hydrogen-bond donors (Lipinski definition) is 3. The summed E-state index contributed by atoms with van der Waals surface area (Å²) in [5.41, 5.74) is -4.06. The van der Waals surface area contributed by atoms with E-state index >= 15 is 0 Å². The standard InChI is InChI=1S/C26H30F2N3O8PS/c1-15(2)37-23(34)16(3)30-40(41,39-20-10-6-8-17-7-4-5-9-18(17)20)36-14-26(24(27)28)13-19(32)22(38-26)31-12-11-21(33)29-25(31)35/h4-12,15-16,19,22,24,32H,13-14H2,1-3H3,(H,30,41)(H,29,33,35). The van der Waals surface area contributed by atoms with Gasteiger partial charge in [0.2, 0.25) is 0 Å². The maximum atomic E-state index is 14.5. The van der Waals surface area contributed by atoms with E-state index in [4.69, 9.17) is 30.3 Å². The van der Waals surface area contributed by atoms with E-state index in [0.29, 0.717) is 11.1 Å². The minimum atomic E-state index is -3.79. The fraction of sp³-hybridized carbons (Fsp3) is 0.423. The number of aromatic nitrogens is 2. The first-order valence-electron chi connectivity index (χ1n) is 12.7. The van der Waals surface area contributed by atoms with Crippen molar-refractivity contribution < 1.29 is 37.2 Å². The lowest BCUT2D eigenvalue weighted by molar-refractivity contribution is -0.169. The van der Waals surface area contributed by atoms with Crippen molar-refractivity contribution in [2.45, 2.75) is 63.7 Å². The smallest absolute Gasteiger partial charge is 0.330 e. The molecule has 5 unspecified atom stereocenters. The second kappa shape index (κ2) is 12.5. The number of aromatic amines is 1. The predicted molar refractivity (Wildman–Crippen MR) is 149 cm³/mol. The monoisotopic (exact) mass is 613 g/mol. The van der Waals surface area contributed by atoms with Gasteiger partial charge in [0.1, 0.15) is 17.9 Å². The Bertz CT molecular complexity index is 1560. The van der Waals surface area contributed by atoms with E-state index in [1.807, 2.05) is 23.2 Å². The number of esters is 1. The summed E-state index contributed by atoms with van der Waals surface area (Å²) in [5.74, 6) is -0.368. The summed E-state index contributed by atoms with van der Waals surface area (Å²) in [6.07, 6.45) is -6.30. The molecule has 0 radical (unpaired) electrons. The maximum Gasteiger partial charge on any atom is 0.330 e. The Hall–Kier alpha value is -3.00. The number of nitrogens with zero attached hydrogens (tertiary/aromatic N) is 1. The summed E-state index contributed by atoms with van der Waals surface area (Å²) in [5, 5.41) is 14.9. The Labute approximate surface area is 238 Å². The van der Waals surface area contributed by atoms with Crippen molar-refractivity contribution in [1.82, 2.24) is 14.6 Å². The SMILES string of the molecule is CC(C)OC(=O)C(C)NP(=S)(OCC1(C(F)F)CC(O)C(n2ccc(=O)[nH]c2=O)O1)Oc1cccc2ccccc12. The van der Waals surface area contributed by atoms with Gasteiger partial charge in [-0.25, -0.2) is 18.7 Å². The molecule has 3 aromatic rings. The number of hydrogen-bond acceptors (Lipinski definition) is 9. The molecule has 0 saturated carbocycles. The van der Waals surface area contributed by atoms with E-state index in [1.165, 1.54) is 6.92 Å². The highest BCUT2D eigenvalue weighted by molar-refractivity contribution is 8.09. The summed E-state index contributed by atoms with van der Waals surface area (Å²) < 4.78 is 52.7. The molecule has 4 rings (SSSR count). The zero-order valence-electron chi connectivity index (χ0n) is 22.4. The molecule has 0 amide bonds. The third kappa shape index (κ3) is 7.08. The van der Waals surface area contributed by atoms with Crippen molar-refractivity contribution >= 4 is 35.2 Å². The average molecular weight is 614 g/mol. The van der Waals surface area contributed by atoms with Crippen molar-refractivity contribution in [3.05, 3.63) is 75.6 Å². The van der Waals surface area contributed by atoms with Crippen molar-refractivity contribution in [3.8, 4) is 5.75 Å². The molecule has 0 aliphatic carbocycles. The van der Waals surface area contributed by atoms with Gasteiger partial charge in [0.05, 0.1) is 12.7 Å². The molecule has 41 heavy (non-hydrogen) atoms. The van der Waals surface area contributed by atoms with Crippen LogP contribution in [0.25, 0.3) is 10.8 Å². The molecule has 2 heterocycles. The minimum Gasteiger partial charge on any atom is -0.462 e. The van der Waals surface area contributed by atoms with Crippen molar-refractivity contribution in [1.29, 1.82) is 0 Å². The van der Waals surface area contributed by atoms with E-state index < -0.39 is 73.4 Å². The highest BCUT2D eigenvalue weighted by Gasteiger charge is 2.54. The van der Waals surface area contributed by atoms with Crippen LogP contribution < -0.4 is 20.9 Å². The van der Waals surface area contributed by atoms with E-state index in [2.05, 4.69) is 5.09 Å². The Morgan fingerprint density at radius 1 is 1.22 bits per heavy atom. The number of benzene rings is 2. The quantitative estimate of drug-likeness (QED) is 0.218. The Morgan fingerprint density at radius 2 is 1.93 bits per heavy atom. The number of ether oxygens (including phenoxy) is 2. The van der Waals surface area contributed by atoms with Crippen LogP contribution in [0, 0.1) is 0 Å². The number of nitrogens with one attached hydrogen (secondary N) is 2. The largest absolute Gasteiger partial charge is 0.462 e. The lowest BCUT2D eigenvalue weighted by Gasteiger charge is -2.32. The molecule has 1 fully saturated rings. The topological polar surface area (TPSA) is 141 Å². The minimum absolute atomic E-state index is 0.291. The van der Waals surface area contributed by atoms with E-state index in [-0.39, 0.29) is 0 Å². The third-order valence-electron chi connectivity index (χ3n) is 6.27. The van der Waals surface area contributed by atoms with Crippen LogP contribution >= 0.6 is 6.64 Å². The number of aliphatic hydroxyl groups is 1. The summed E-state index contributed by atoms with van der Waals surface area (Å²) >= 11 is 5.70. The molecule has 15 heteroatoms. The number of rotatable bonds is 11. The first kappa shape index (κ1) is 30.9.